The van der Waals surface area contributed by atoms with E-state index < -0.39 is 11.3 Å². The number of benzene rings is 2. The van der Waals surface area contributed by atoms with Gasteiger partial charge in [-0.15, -0.1) is 0 Å². The van der Waals surface area contributed by atoms with E-state index >= 15 is 0 Å². The molecule has 1 saturated heterocycles. The van der Waals surface area contributed by atoms with Gasteiger partial charge in [-0.2, -0.15) is 0 Å². The average molecular weight is 430 g/mol. The molecule has 1 amide bonds. The molecule has 3 rings (SSSR count). The molecule has 0 saturated carbocycles. The van der Waals surface area contributed by atoms with Crippen LogP contribution in [0, 0.1) is 0 Å². The Morgan fingerprint density at radius 2 is 1.67 bits per heavy atom. The number of hydrogen-bond acceptors (Lipinski definition) is 5. The zero-order chi connectivity index (χ0) is 21.9. The van der Waals surface area contributed by atoms with Gasteiger partial charge in [0.1, 0.15) is 17.1 Å². The third-order valence-electron chi connectivity index (χ3n) is 4.85. The van der Waals surface area contributed by atoms with Crippen LogP contribution >= 0.6 is 11.8 Å². The van der Waals surface area contributed by atoms with Gasteiger partial charge in [-0.3, -0.25) is 4.90 Å². The summed E-state index contributed by atoms with van der Waals surface area (Å²) in [5.41, 5.74) is -0.0634. The van der Waals surface area contributed by atoms with Crippen LogP contribution in [0.5, 0.6) is 5.75 Å². The molecular formula is C24H31NO4S. The van der Waals surface area contributed by atoms with Crippen molar-refractivity contribution in [3.8, 4) is 5.75 Å². The average Bonchev–Trinajstić information content (AvgIpc) is 2.96. The van der Waals surface area contributed by atoms with Gasteiger partial charge in [-0.1, -0.05) is 23.9 Å². The van der Waals surface area contributed by atoms with Gasteiger partial charge in [0.05, 0.1) is 19.8 Å². The van der Waals surface area contributed by atoms with E-state index in [-0.39, 0.29) is 12.1 Å². The van der Waals surface area contributed by atoms with E-state index in [0.717, 1.165) is 27.5 Å². The Morgan fingerprint density at radius 3 is 2.20 bits per heavy atom. The van der Waals surface area contributed by atoms with Crippen molar-refractivity contribution in [2.24, 2.45) is 0 Å². The van der Waals surface area contributed by atoms with Crippen LogP contribution in [0.25, 0.3) is 0 Å². The van der Waals surface area contributed by atoms with Crippen molar-refractivity contribution in [1.29, 1.82) is 0 Å². The van der Waals surface area contributed by atoms with Crippen molar-refractivity contribution in [3.05, 3.63) is 54.1 Å². The Hall–Kier alpha value is -2.18. The van der Waals surface area contributed by atoms with Gasteiger partial charge in [0.25, 0.3) is 0 Å². The first-order valence-corrected chi connectivity index (χ1v) is 11.0. The summed E-state index contributed by atoms with van der Waals surface area (Å²) in [7, 11) is 1.67. The Kier molecular flexibility index (Phi) is 6.68. The van der Waals surface area contributed by atoms with Crippen molar-refractivity contribution in [3.63, 3.8) is 0 Å². The number of hydrogen-bond donors (Lipinski definition) is 0. The van der Waals surface area contributed by atoms with Gasteiger partial charge >= 0.3 is 6.09 Å². The van der Waals surface area contributed by atoms with Gasteiger partial charge in [-0.05, 0) is 83.0 Å². The maximum absolute atomic E-state index is 12.8. The predicted octanol–water partition coefficient (Wildman–Crippen LogP) is 5.76. The van der Waals surface area contributed by atoms with Gasteiger partial charge in [0.2, 0.25) is 0 Å². The number of methoxy groups -OCH3 is 1. The molecule has 0 radical (unpaired) electrons. The van der Waals surface area contributed by atoms with Crippen LogP contribution in [0.1, 0.15) is 40.2 Å². The van der Waals surface area contributed by atoms with Crippen molar-refractivity contribution in [1.82, 2.24) is 4.90 Å². The third-order valence-corrected chi connectivity index (χ3v) is 5.87. The minimum atomic E-state index is -0.683. The molecule has 0 spiro atoms. The van der Waals surface area contributed by atoms with Crippen molar-refractivity contribution in [2.45, 2.75) is 68.2 Å². The lowest BCUT2D eigenvalue weighted by molar-refractivity contribution is -0.0624. The Morgan fingerprint density at radius 1 is 1.10 bits per heavy atom. The molecule has 0 bridgehead atoms. The van der Waals surface area contributed by atoms with Crippen LogP contribution < -0.4 is 4.74 Å². The maximum Gasteiger partial charge on any atom is 0.412 e. The molecule has 162 valence electrons. The summed E-state index contributed by atoms with van der Waals surface area (Å²) in [4.78, 5) is 16.8. The molecule has 0 N–H and O–H groups in total. The lowest BCUT2D eigenvalue weighted by Crippen LogP contribution is -2.50. The summed E-state index contributed by atoms with van der Waals surface area (Å²) < 4.78 is 16.7. The Bertz CT molecular complexity index is 856. The fraction of sp³-hybridized carbons (Fsp3) is 0.458. The van der Waals surface area contributed by atoms with Gasteiger partial charge < -0.3 is 14.2 Å². The number of nitrogens with zero attached hydrogens (tertiary/aromatic N) is 1. The molecule has 2 aromatic rings. The van der Waals surface area contributed by atoms with Crippen LogP contribution in [0.3, 0.4) is 0 Å². The molecule has 0 aromatic heterocycles. The summed E-state index contributed by atoms with van der Waals surface area (Å²) in [5.74, 6) is 0.853. The summed E-state index contributed by atoms with van der Waals surface area (Å²) in [6.45, 7) is 9.95. The lowest BCUT2D eigenvalue weighted by Gasteiger charge is -2.35. The van der Waals surface area contributed by atoms with E-state index in [1.165, 1.54) is 0 Å². The first-order valence-electron chi connectivity index (χ1n) is 10.1. The molecule has 6 heteroatoms. The van der Waals surface area contributed by atoms with Crippen LogP contribution in [-0.4, -0.2) is 42.1 Å². The van der Waals surface area contributed by atoms with Crippen molar-refractivity contribution < 1.29 is 19.0 Å². The fourth-order valence-electron chi connectivity index (χ4n) is 3.46. The molecule has 1 fully saturated rings. The second-order valence-corrected chi connectivity index (χ2v) is 10.0. The third kappa shape index (κ3) is 5.70. The minimum Gasteiger partial charge on any atom is -0.497 e. The number of ether oxygens (including phenoxy) is 3. The largest absolute Gasteiger partial charge is 0.497 e. The molecule has 2 aromatic carbocycles. The molecule has 5 nitrogen and oxygen atoms in total. The summed E-state index contributed by atoms with van der Waals surface area (Å²) in [6.07, 6.45) is 0.387. The highest BCUT2D eigenvalue weighted by Crippen LogP contribution is 2.32. The van der Waals surface area contributed by atoms with Crippen LogP contribution in [-0.2, 0) is 15.9 Å². The molecule has 0 aliphatic carbocycles. The monoisotopic (exact) mass is 429 g/mol. The highest BCUT2D eigenvalue weighted by molar-refractivity contribution is 7.99. The molecular weight excluding hydrogens is 398 g/mol. The Labute approximate surface area is 183 Å². The van der Waals surface area contributed by atoms with E-state index in [0.29, 0.717) is 6.61 Å². The smallest absolute Gasteiger partial charge is 0.412 e. The van der Waals surface area contributed by atoms with Gasteiger partial charge in [-0.25, -0.2) is 4.79 Å². The lowest BCUT2D eigenvalue weighted by atomic mass is 10.1. The number of carbonyl (C=O) groups excluding carboxylic acids is 1. The SMILES string of the molecule is COc1ccc(Sc2ccc(C[C@H]3COC(C)(C)N3C(=O)OC(C)(C)C)cc2)cc1. The maximum atomic E-state index is 12.8. The second-order valence-electron chi connectivity index (χ2n) is 8.89. The predicted molar refractivity (Wildman–Crippen MR) is 119 cm³/mol. The van der Waals surface area contributed by atoms with E-state index in [1.807, 2.05) is 58.9 Å². The van der Waals surface area contributed by atoms with Crippen molar-refractivity contribution >= 4 is 17.9 Å². The Balaban J connectivity index is 1.66. The second kappa shape index (κ2) is 8.90. The first kappa shape index (κ1) is 22.5. The van der Waals surface area contributed by atoms with Crippen LogP contribution in [0.4, 0.5) is 4.79 Å². The molecule has 1 atom stereocenters. The highest BCUT2D eigenvalue weighted by Gasteiger charge is 2.45. The number of carbonyl (C=O) groups is 1. The standard InChI is InChI=1S/C24H31NO4S/c1-23(2,3)29-22(26)25-18(16-28-24(25,4)5)15-17-7-11-20(12-8-17)30-21-13-9-19(27-6)10-14-21/h7-14,18H,15-16H2,1-6H3/t18-/m0/s1. The summed E-state index contributed by atoms with van der Waals surface area (Å²) in [6, 6.07) is 16.4. The quantitative estimate of drug-likeness (QED) is 0.605. The zero-order valence-electron chi connectivity index (χ0n) is 18.6. The molecule has 1 heterocycles. The number of amides is 1. The summed E-state index contributed by atoms with van der Waals surface area (Å²) in [5, 5.41) is 0. The topological polar surface area (TPSA) is 48.0 Å². The van der Waals surface area contributed by atoms with E-state index in [1.54, 1.807) is 23.8 Å². The van der Waals surface area contributed by atoms with Crippen LogP contribution in [0.15, 0.2) is 58.3 Å². The highest BCUT2D eigenvalue weighted by atomic mass is 32.2. The first-order chi connectivity index (χ1) is 14.1. The molecule has 1 aliphatic heterocycles. The van der Waals surface area contributed by atoms with Crippen LogP contribution in [0.2, 0.25) is 0 Å². The fourth-order valence-corrected chi connectivity index (χ4v) is 4.28. The number of rotatable bonds is 5. The van der Waals surface area contributed by atoms with Crippen molar-refractivity contribution in [2.75, 3.05) is 13.7 Å². The van der Waals surface area contributed by atoms with Gasteiger partial charge in [0.15, 0.2) is 0 Å². The molecule has 30 heavy (non-hydrogen) atoms. The summed E-state index contributed by atoms with van der Waals surface area (Å²) >= 11 is 1.70. The van der Waals surface area contributed by atoms with E-state index in [9.17, 15) is 4.79 Å². The van der Waals surface area contributed by atoms with Gasteiger partial charge in [0, 0.05) is 9.79 Å². The van der Waals surface area contributed by atoms with E-state index in [2.05, 4.69) is 24.3 Å². The zero-order valence-corrected chi connectivity index (χ0v) is 19.4. The minimum absolute atomic E-state index is 0.0602. The molecule has 0 unspecified atom stereocenters. The van der Waals surface area contributed by atoms with E-state index in [4.69, 9.17) is 14.2 Å². The normalized spacial score (nSPS) is 18.3. The molecule has 1 aliphatic rings.